The minimum atomic E-state index is -0.632. The molecule has 2 aromatic rings. The quantitative estimate of drug-likeness (QED) is 0.876. The molecule has 1 amide bonds. The zero-order chi connectivity index (χ0) is 17.3. The molecule has 1 atom stereocenters. The van der Waals surface area contributed by atoms with Gasteiger partial charge in [0.25, 0.3) is 0 Å². The summed E-state index contributed by atoms with van der Waals surface area (Å²) in [6.45, 7) is 1.65. The number of halogens is 2. The van der Waals surface area contributed by atoms with E-state index in [4.69, 9.17) is 34.7 Å². The fourth-order valence-electron chi connectivity index (χ4n) is 2.98. The van der Waals surface area contributed by atoms with Gasteiger partial charge in [-0.25, -0.2) is 0 Å². The zero-order valence-corrected chi connectivity index (χ0v) is 14.6. The predicted octanol–water partition coefficient (Wildman–Crippen LogP) is 2.86. The first kappa shape index (κ1) is 17.2. The van der Waals surface area contributed by atoms with Crippen molar-refractivity contribution in [2.45, 2.75) is 32.1 Å². The van der Waals surface area contributed by atoms with Gasteiger partial charge in [-0.1, -0.05) is 47.5 Å². The van der Waals surface area contributed by atoms with Crippen LogP contribution in [0.5, 0.6) is 0 Å². The number of hydrogen-bond acceptors (Lipinski definition) is 3. The van der Waals surface area contributed by atoms with E-state index in [1.165, 1.54) is 0 Å². The third-order valence-corrected chi connectivity index (χ3v) is 4.90. The second-order valence-electron chi connectivity index (χ2n) is 6.05. The lowest BCUT2D eigenvalue weighted by Gasteiger charge is -2.20. The maximum atomic E-state index is 12.7. The molecule has 4 nitrogen and oxygen atoms in total. The number of nitrogens with zero attached hydrogens (tertiary/aromatic N) is 1. The molecule has 2 aromatic carbocycles. The van der Waals surface area contributed by atoms with E-state index in [9.17, 15) is 4.79 Å². The lowest BCUT2D eigenvalue weighted by atomic mass is 10.1. The summed E-state index contributed by atoms with van der Waals surface area (Å²) in [6.07, 6.45) is 0.385. The molecule has 0 radical (unpaired) electrons. The van der Waals surface area contributed by atoms with Crippen LogP contribution in [0.2, 0.25) is 10.0 Å². The molecule has 1 aliphatic heterocycles. The van der Waals surface area contributed by atoms with E-state index >= 15 is 0 Å². The van der Waals surface area contributed by atoms with Crippen LogP contribution >= 0.6 is 23.2 Å². The van der Waals surface area contributed by atoms with E-state index < -0.39 is 6.04 Å². The van der Waals surface area contributed by atoms with Gasteiger partial charge in [-0.3, -0.25) is 4.79 Å². The van der Waals surface area contributed by atoms with Gasteiger partial charge in [-0.05, 0) is 40.8 Å². The normalized spacial score (nSPS) is 14.6. The van der Waals surface area contributed by atoms with Crippen LogP contribution in [0.1, 0.15) is 22.3 Å². The van der Waals surface area contributed by atoms with Crippen LogP contribution in [0.15, 0.2) is 36.4 Å². The van der Waals surface area contributed by atoms with Crippen LogP contribution in [0.3, 0.4) is 0 Å². The minimum Gasteiger partial charge on any atom is -0.333 e. The summed E-state index contributed by atoms with van der Waals surface area (Å²) in [4.78, 5) is 14.4. The van der Waals surface area contributed by atoms with Gasteiger partial charge in [0.15, 0.2) is 0 Å². The van der Waals surface area contributed by atoms with Crippen molar-refractivity contribution in [2.75, 3.05) is 0 Å². The summed E-state index contributed by atoms with van der Waals surface area (Å²) in [7, 11) is 0. The topological polar surface area (TPSA) is 72.3 Å². The Balaban J connectivity index is 1.68. The molecule has 3 rings (SSSR count). The highest BCUT2D eigenvalue weighted by Gasteiger charge is 2.27. The molecule has 0 bridgehead atoms. The number of fused-ring (bicyclic) bond motifs is 1. The molecule has 0 saturated heterocycles. The molecular weight excluding hydrogens is 345 g/mol. The summed E-state index contributed by atoms with van der Waals surface area (Å²) in [5.41, 5.74) is 16.0. The highest BCUT2D eigenvalue weighted by Crippen LogP contribution is 2.26. The van der Waals surface area contributed by atoms with Crippen molar-refractivity contribution >= 4 is 29.1 Å². The Bertz CT molecular complexity index is 779. The lowest BCUT2D eigenvalue weighted by Crippen LogP contribution is -2.42. The van der Waals surface area contributed by atoms with Crippen LogP contribution < -0.4 is 11.5 Å². The SMILES string of the molecule is NCc1ccc2c(c1)CN(C(=O)C(N)Cc1ccc(Cl)cc1Cl)C2. The second-order valence-corrected chi connectivity index (χ2v) is 6.89. The van der Waals surface area contributed by atoms with Crippen LogP contribution in [-0.2, 0) is 30.8 Å². The van der Waals surface area contributed by atoms with E-state index in [2.05, 4.69) is 6.07 Å². The van der Waals surface area contributed by atoms with E-state index in [1.54, 1.807) is 17.0 Å². The van der Waals surface area contributed by atoms with Gasteiger partial charge in [-0.2, -0.15) is 0 Å². The minimum absolute atomic E-state index is 0.0773. The van der Waals surface area contributed by atoms with Crippen LogP contribution in [0.25, 0.3) is 0 Å². The molecule has 126 valence electrons. The van der Waals surface area contributed by atoms with Gasteiger partial charge < -0.3 is 16.4 Å². The van der Waals surface area contributed by atoms with Crippen molar-refractivity contribution in [2.24, 2.45) is 11.5 Å². The van der Waals surface area contributed by atoms with Crippen molar-refractivity contribution in [1.82, 2.24) is 4.90 Å². The second kappa shape index (κ2) is 7.11. The number of nitrogens with two attached hydrogens (primary N) is 2. The summed E-state index contributed by atoms with van der Waals surface area (Å²) in [5.74, 6) is -0.0773. The highest BCUT2D eigenvalue weighted by atomic mass is 35.5. The summed E-state index contributed by atoms with van der Waals surface area (Å²) >= 11 is 12.1. The average molecular weight is 364 g/mol. The first-order valence-electron chi connectivity index (χ1n) is 7.77. The van der Waals surface area contributed by atoms with Gasteiger partial charge in [0.1, 0.15) is 0 Å². The number of carbonyl (C=O) groups excluding carboxylic acids is 1. The zero-order valence-electron chi connectivity index (χ0n) is 13.1. The van der Waals surface area contributed by atoms with Crippen molar-refractivity contribution < 1.29 is 4.79 Å². The van der Waals surface area contributed by atoms with Crippen molar-refractivity contribution in [3.8, 4) is 0 Å². The van der Waals surface area contributed by atoms with Crippen LogP contribution in [0, 0.1) is 0 Å². The van der Waals surface area contributed by atoms with E-state index in [0.29, 0.717) is 36.1 Å². The molecule has 0 fully saturated rings. The van der Waals surface area contributed by atoms with Crippen molar-refractivity contribution in [3.63, 3.8) is 0 Å². The Morgan fingerprint density at radius 3 is 2.58 bits per heavy atom. The monoisotopic (exact) mass is 363 g/mol. The molecule has 1 aliphatic rings. The van der Waals surface area contributed by atoms with E-state index in [1.807, 2.05) is 18.2 Å². The Morgan fingerprint density at radius 1 is 1.12 bits per heavy atom. The van der Waals surface area contributed by atoms with Crippen LogP contribution in [0.4, 0.5) is 0 Å². The number of rotatable bonds is 4. The molecule has 0 aromatic heterocycles. The highest BCUT2D eigenvalue weighted by molar-refractivity contribution is 6.35. The molecule has 24 heavy (non-hydrogen) atoms. The molecule has 0 aliphatic carbocycles. The number of hydrogen-bond donors (Lipinski definition) is 2. The molecule has 0 saturated carbocycles. The average Bonchev–Trinajstić information content (AvgIpc) is 2.99. The first-order valence-corrected chi connectivity index (χ1v) is 8.52. The summed E-state index contributed by atoms with van der Waals surface area (Å²) in [6, 6.07) is 10.7. The lowest BCUT2D eigenvalue weighted by molar-refractivity contribution is -0.133. The molecule has 1 heterocycles. The van der Waals surface area contributed by atoms with Crippen molar-refractivity contribution in [1.29, 1.82) is 0 Å². The Labute approximate surface area is 151 Å². The summed E-state index contributed by atoms with van der Waals surface area (Å²) < 4.78 is 0. The number of amides is 1. The Hall–Kier alpha value is -1.59. The van der Waals surface area contributed by atoms with Gasteiger partial charge in [-0.15, -0.1) is 0 Å². The molecule has 6 heteroatoms. The van der Waals surface area contributed by atoms with E-state index in [-0.39, 0.29) is 5.91 Å². The molecule has 0 spiro atoms. The first-order chi connectivity index (χ1) is 11.5. The van der Waals surface area contributed by atoms with Crippen LogP contribution in [-0.4, -0.2) is 16.8 Å². The third kappa shape index (κ3) is 3.57. The molecular formula is C18H19Cl2N3O. The van der Waals surface area contributed by atoms with Crippen molar-refractivity contribution in [3.05, 3.63) is 68.7 Å². The number of carbonyl (C=O) groups is 1. The van der Waals surface area contributed by atoms with E-state index in [0.717, 1.165) is 22.3 Å². The maximum absolute atomic E-state index is 12.7. The maximum Gasteiger partial charge on any atom is 0.240 e. The van der Waals surface area contributed by atoms with Gasteiger partial charge in [0.2, 0.25) is 5.91 Å². The summed E-state index contributed by atoms with van der Waals surface area (Å²) in [5, 5.41) is 1.09. The smallest absolute Gasteiger partial charge is 0.240 e. The molecule has 1 unspecified atom stereocenters. The molecule has 4 N–H and O–H groups in total. The largest absolute Gasteiger partial charge is 0.333 e. The standard InChI is InChI=1S/C18H19Cl2N3O/c19-15-4-3-12(16(20)7-15)6-17(22)18(24)23-9-13-2-1-11(8-21)5-14(13)10-23/h1-5,7,17H,6,8-10,21-22H2. The van der Waals surface area contributed by atoms with Gasteiger partial charge in [0, 0.05) is 29.7 Å². The third-order valence-electron chi connectivity index (χ3n) is 4.31. The Morgan fingerprint density at radius 2 is 1.88 bits per heavy atom. The van der Waals surface area contributed by atoms with Gasteiger partial charge >= 0.3 is 0 Å². The fraction of sp³-hybridized carbons (Fsp3) is 0.278. The van der Waals surface area contributed by atoms with Gasteiger partial charge in [0.05, 0.1) is 6.04 Å². The predicted molar refractivity (Wildman–Crippen MR) is 96.7 cm³/mol. The Kier molecular flexibility index (Phi) is 5.11. The number of benzene rings is 2. The fourth-order valence-corrected chi connectivity index (χ4v) is 3.46.